The minimum Gasteiger partial charge on any atom is -0.497 e. The van der Waals surface area contributed by atoms with Crippen molar-refractivity contribution in [1.82, 2.24) is 0 Å². The summed E-state index contributed by atoms with van der Waals surface area (Å²) in [5, 5.41) is 0. The number of allylic oxidation sites excluding steroid dienone is 2. The molecule has 0 spiro atoms. The molecular formula is C25H26O7. The van der Waals surface area contributed by atoms with Crippen LogP contribution in [0.25, 0.3) is 0 Å². The van der Waals surface area contributed by atoms with E-state index in [-0.39, 0.29) is 28.5 Å². The van der Waals surface area contributed by atoms with Crippen LogP contribution in [0.15, 0.2) is 66.8 Å². The van der Waals surface area contributed by atoms with E-state index >= 15 is 0 Å². The van der Waals surface area contributed by atoms with Crippen LogP contribution in [0.5, 0.6) is 17.2 Å². The molecule has 2 aromatic carbocycles. The molecule has 2 rings (SSSR count). The summed E-state index contributed by atoms with van der Waals surface area (Å²) in [4.78, 5) is 45.6. The number of Topliss-reactive ketones (excluding diaryl/α,β-unsaturated/α-hetero) is 4. The van der Waals surface area contributed by atoms with Crippen molar-refractivity contribution in [1.29, 1.82) is 0 Å². The van der Waals surface area contributed by atoms with E-state index in [4.69, 9.17) is 14.2 Å². The molecule has 7 heteroatoms. The zero-order valence-corrected chi connectivity index (χ0v) is 18.8. The molecule has 0 heterocycles. The first kappa shape index (κ1) is 26.0. The summed E-state index contributed by atoms with van der Waals surface area (Å²) in [5.74, 6) is 0.161. The van der Waals surface area contributed by atoms with Crippen LogP contribution < -0.4 is 14.2 Å². The van der Waals surface area contributed by atoms with E-state index in [0.29, 0.717) is 28.4 Å². The van der Waals surface area contributed by atoms with Gasteiger partial charge in [0.25, 0.3) is 0 Å². The van der Waals surface area contributed by atoms with Gasteiger partial charge in [-0.1, -0.05) is 13.2 Å². The van der Waals surface area contributed by atoms with Gasteiger partial charge in [0.05, 0.1) is 38.0 Å². The average molecular weight is 438 g/mol. The van der Waals surface area contributed by atoms with Gasteiger partial charge in [0, 0.05) is 11.6 Å². The van der Waals surface area contributed by atoms with E-state index in [9.17, 15) is 19.2 Å². The molecule has 0 radical (unpaired) electrons. The molecule has 168 valence electrons. The van der Waals surface area contributed by atoms with Crippen molar-refractivity contribution in [3.05, 3.63) is 77.9 Å². The van der Waals surface area contributed by atoms with Gasteiger partial charge in [-0.15, -0.1) is 0 Å². The van der Waals surface area contributed by atoms with Crippen molar-refractivity contribution in [3.8, 4) is 17.2 Å². The molecule has 0 unspecified atom stereocenters. The Morgan fingerprint density at radius 2 is 1.12 bits per heavy atom. The van der Waals surface area contributed by atoms with Gasteiger partial charge >= 0.3 is 0 Å². The molecule has 0 atom stereocenters. The summed E-state index contributed by atoms with van der Waals surface area (Å²) < 4.78 is 15.1. The second-order valence-electron chi connectivity index (χ2n) is 6.52. The van der Waals surface area contributed by atoms with Crippen molar-refractivity contribution in [2.24, 2.45) is 0 Å². The van der Waals surface area contributed by atoms with Gasteiger partial charge in [0.15, 0.2) is 23.1 Å². The third kappa shape index (κ3) is 6.77. The molecule has 0 N–H and O–H groups in total. The maximum atomic E-state index is 11.9. The molecule has 0 saturated heterocycles. The van der Waals surface area contributed by atoms with Crippen LogP contribution in [-0.2, 0) is 9.59 Å². The minimum absolute atomic E-state index is 0.000154. The number of hydrogen-bond donors (Lipinski definition) is 0. The van der Waals surface area contributed by atoms with Crippen molar-refractivity contribution in [2.45, 2.75) is 13.8 Å². The Hall–Kier alpha value is -4.00. The smallest absolute Gasteiger partial charge is 0.199 e. The molecule has 2 aromatic rings. The van der Waals surface area contributed by atoms with Crippen molar-refractivity contribution >= 4 is 23.1 Å². The van der Waals surface area contributed by atoms with Crippen LogP contribution in [0.1, 0.15) is 34.6 Å². The fourth-order valence-electron chi connectivity index (χ4n) is 2.39. The van der Waals surface area contributed by atoms with Crippen molar-refractivity contribution in [2.75, 3.05) is 21.3 Å². The van der Waals surface area contributed by atoms with Gasteiger partial charge in [0.2, 0.25) is 0 Å². The van der Waals surface area contributed by atoms with Gasteiger partial charge in [-0.05, 0) is 50.2 Å². The van der Waals surface area contributed by atoms with Gasteiger partial charge < -0.3 is 14.2 Å². The number of rotatable bonds is 9. The lowest BCUT2D eigenvalue weighted by molar-refractivity contribution is -0.114. The Labute approximate surface area is 187 Å². The Bertz CT molecular complexity index is 1050. The summed E-state index contributed by atoms with van der Waals surface area (Å²) in [6, 6.07) is 11.3. The number of carbonyl (C=O) groups is 4. The summed E-state index contributed by atoms with van der Waals surface area (Å²) in [7, 11) is 4.51. The molecular weight excluding hydrogens is 412 g/mol. The molecule has 0 aliphatic heterocycles. The number of ether oxygens (including phenoxy) is 3. The lowest BCUT2D eigenvalue weighted by atomic mass is 10.0. The maximum absolute atomic E-state index is 11.9. The van der Waals surface area contributed by atoms with Crippen LogP contribution in [0.2, 0.25) is 0 Å². The van der Waals surface area contributed by atoms with Gasteiger partial charge in [-0.25, -0.2) is 0 Å². The van der Waals surface area contributed by atoms with Gasteiger partial charge in [-0.2, -0.15) is 0 Å². The number of ketones is 4. The van der Waals surface area contributed by atoms with Crippen LogP contribution in [0.4, 0.5) is 0 Å². The molecule has 0 aliphatic rings. The zero-order chi connectivity index (χ0) is 24.4. The lowest BCUT2D eigenvalue weighted by Crippen LogP contribution is -2.10. The van der Waals surface area contributed by atoms with E-state index in [1.54, 1.807) is 49.6 Å². The summed E-state index contributed by atoms with van der Waals surface area (Å²) in [5.41, 5.74) is 0.679. The summed E-state index contributed by atoms with van der Waals surface area (Å²) in [6.07, 6.45) is 0. The summed E-state index contributed by atoms with van der Waals surface area (Å²) in [6.45, 7) is 9.53. The number of benzene rings is 2. The van der Waals surface area contributed by atoms with E-state index < -0.39 is 5.78 Å². The Morgan fingerprint density at radius 1 is 0.656 bits per heavy atom. The summed E-state index contributed by atoms with van der Waals surface area (Å²) >= 11 is 0. The monoisotopic (exact) mass is 438 g/mol. The fourth-order valence-corrected chi connectivity index (χ4v) is 2.39. The number of methoxy groups -OCH3 is 3. The lowest BCUT2D eigenvalue weighted by Gasteiger charge is -2.09. The Morgan fingerprint density at radius 3 is 1.56 bits per heavy atom. The number of carbonyl (C=O) groups excluding carboxylic acids is 4. The molecule has 0 aliphatic carbocycles. The van der Waals surface area contributed by atoms with Gasteiger partial charge in [-0.3, -0.25) is 19.2 Å². The first-order valence-electron chi connectivity index (χ1n) is 9.42. The maximum Gasteiger partial charge on any atom is 0.199 e. The average Bonchev–Trinajstić information content (AvgIpc) is 2.81. The topological polar surface area (TPSA) is 96.0 Å². The first-order valence-corrected chi connectivity index (χ1v) is 9.42. The third-order valence-corrected chi connectivity index (χ3v) is 4.40. The molecule has 0 saturated carbocycles. The highest BCUT2D eigenvalue weighted by Gasteiger charge is 2.18. The van der Waals surface area contributed by atoms with Gasteiger partial charge in [0.1, 0.15) is 17.2 Å². The molecule has 0 fully saturated rings. The van der Waals surface area contributed by atoms with Crippen LogP contribution in [0, 0.1) is 0 Å². The highest BCUT2D eigenvalue weighted by molar-refractivity contribution is 6.26. The Balaban J connectivity index is 0.000000323. The van der Waals surface area contributed by atoms with E-state index in [1.165, 1.54) is 28.1 Å². The SMILES string of the molecule is C=C(C(C)=O)C(=O)c1ccc(OC)cc1.C=C(C(C)=O)C(=O)c1ccc(OC)cc1OC. The van der Waals surface area contributed by atoms with Crippen LogP contribution in [-0.4, -0.2) is 44.5 Å². The van der Waals surface area contributed by atoms with Crippen molar-refractivity contribution in [3.63, 3.8) is 0 Å². The molecule has 7 nitrogen and oxygen atoms in total. The van der Waals surface area contributed by atoms with Crippen molar-refractivity contribution < 1.29 is 33.4 Å². The second-order valence-corrected chi connectivity index (χ2v) is 6.52. The zero-order valence-electron chi connectivity index (χ0n) is 18.8. The second kappa shape index (κ2) is 12.0. The van der Waals surface area contributed by atoms with E-state index in [2.05, 4.69) is 13.2 Å². The third-order valence-electron chi connectivity index (χ3n) is 4.40. The quantitative estimate of drug-likeness (QED) is 0.252. The minimum atomic E-state index is -0.433. The van der Waals surface area contributed by atoms with E-state index in [1.807, 2.05) is 0 Å². The first-order chi connectivity index (χ1) is 15.1. The largest absolute Gasteiger partial charge is 0.497 e. The molecule has 0 amide bonds. The van der Waals surface area contributed by atoms with Crippen LogP contribution >= 0.6 is 0 Å². The van der Waals surface area contributed by atoms with E-state index in [0.717, 1.165) is 0 Å². The molecule has 0 aromatic heterocycles. The highest BCUT2D eigenvalue weighted by atomic mass is 16.5. The standard InChI is InChI=1S/C13H14O4.C12H12O3/c1-8(9(2)14)13(15)11-6-5-10(16-3)7-12(11)17-4;1-8(9(2)13)12(14)10-4-6-11(15-3)7-5-10/h5-7H,1H2,2-4H3;4-7H,1H2,2-3H3. The Kier molecular flexibility index (Phi) is 9.76. The predicted octanol–water partition coefficient (Wildman–Crippen LogP) is 4.05. The van der Waals surface area contributed by atoms with Crippen LogP contribution in [0.3, 0.4) is 0 Å². The normalized spacial score (nSPS) is 9.53. The molecule has 0 bridgehead atoms. The number of hydrogen-bond acceptors (Lipinski definition) is 7. The molecule has 32 heavy (non-hydrogen) atoms. The fraction of sp³-hybridized carbons (Fsp3) is 0.200. The predicted molar refractivity (Wildman–Crippen MR) is 121 cm³/mol. The highest BCUT2D eigenvalue weighted by Crippen LogP contribution is 2.26.